The van der Waals surface area contributed by atoms with Gasteiger partial charge >= 0.3 is 0 Å². The zero-order valence-electron chi connectivity index (χ0n) is 16.6. The Labute approximate surface area is 166 Å². The fourth-order valence-electron chi connectivity index (χ4n) is 4.59. The maximum atomic E-state index is 12.7. The van der Waals surface area contributed by atoms with Crippen LogP contribution < -0.4 is 0 Å². The smallest absolute Gasteiger partial charge is 0.259 e. The molecule has 6 nitrogen and oxygen atoms in total. The number of piperidine rings is 1. The standard InChI is InChI=1S/C22H30N4O2/c27-21(14-17-6-2-1-3-7-17)26-13-5-8-18(16-26)10-11-20-24-22(28-25-20)19-9-4-12-23-15-19/h4,9,12,15,17-18H,1-3,5-8,10-11,13-14,16H2. The summed E-state index contributed by atoms with van der Waals surface area (Å²) < 4.78 is 5.37. The summed E-state index contributed by atoms with van der Waals surface area (Å²) in [6.07, 6.45) is 14.7. The van der Waals surface area contributed by atoms with Crippen molar-refractivity contribution >= 4 is 5.91 Å². The lowest BCUT2D eigenvalue weighted by atomic mass is 9.86. The van der Waals surface area contributed by atoms with E-state index in [1.54, 1.807) is 12.4 Å². The molecule has 0 bridgehead atoms. The molecule has 150 valence electrons. The van der Waals surface area contributed by atoms with E-state index in [1.807, 2.05) is 12.1 Å². The summed E-state index contributed by atoms with van der Waals surface area (Å²) in [6, 6.07) is 3.78. The maximum Gasteiger partial charge on any atom is 0.259 e. The first kappa shape index (κ1) is 19.1. The molecule has 1 aliphatic heterocycles. The molecule has 2 aliphatic rings. The van der Waals surface area contributed by atoms with Crippen molar-refractivity contribution in [2.45, 2.75) is 64.2 Å². The summed E-state index contributed by atoms with van der Waals surface area (Å²) in [7, 11) is 0. The van der Waals surface area contributed by atoms with Gasteiger partial charge in [0.2, 0.25) is 5.91 Å². The maximum absolute atomic E-state index is 12.7. The van der Waals surface area contributed by atoms with Gasteiger partial charge in [-0.25, -0.2) is 0 Å². The van der Waals surface area contributed by atoms with Crippen LogP contribution in [0.1, 0.15) is 63.6 Å². The quantitative estimate of drug-likeness (QED) is 0.746. The second-order valence-electron chi connectivity index (χ2n) is 8.35. The van der Waals surface area contributed by atoms with Crippen molar-refractivity contribution in [3.63, 3.8) is 0 Å². The number of hydrogen-bond donors (Lipinski definition) is 0. The number of amides is 1. The first-order valence-electron chi connectivity index (χ1n) is 10.8. The number of pyridine rings is 1. The number of aromatic nitrogens is 3. The van der Waals surface area contributed by atoms with Crippen LogP contribution in [-0.2, 0) is 11.2 Å². The highest BCUT2D eigenvalue weighted by atomic mass is 16.5. The molecule has 1 saturated heterocycles. The molecule has 1 unspecified atom stereocenters. The second kappa shape index (κ2) is 9.30. The van der Waals surface area contributed by atoms with E-state index in [0.717, 1.165) is 50.2 Å². The number of likely N-dealkylation sites (tertiary alicyclic amines) is 1. The van der Waals surface area contributed by atoms with Crippen molar-refractivity contribution in [3.8, 4) is 11.5 Å². The Morgan fingerprint density at radius 3 is 2.82 bits per heavy atom. The van der Waals surface area contributed by atoms with Crippen LogP contribution in [0.5, 0.6) is 0 Å². The van der Waals surface area contributed by atoms with E-state index in [4.69, 9.17) is 4.52 Å². The minimum Gasteiger partial charge on any atom is -0.342 e. The number of aryl methyl sites for hydroxylation is 1. The van der Waals surface area contributed by atoms with Crippen LogP contribution in [0.15, 0.2) is 29.0 Å². The van der Waals surface area contributed by atoms with Gasteiger partial charge in [-0.3, -0.25) is 9.78 Å². The molecule has 2 aromatic heterocycles. The summed E-state index contributed by atoms with van der Waals surface area (Å²) in [6.45, 7) is 1.81. The largest absolute Gasteiger partial charge is 0.342 e. The normalized spacial score (nSPS) is 21.0. The zero-order valence-corrected chi connectivity index (χ0v) is 16.6. The van der Waals surface area contributed by atoms with Gasteiger partial charge in [0.25, 0.3) is 5.89 Å². The molecule has 2 aromatic rings. The third kappa shape index (κ3) is 4.97. The Morgan fingerprint density at radius 2 is 2.00 bits per heavy atom. The van der Waals surface area contributed by atoms with Crippen LogP contribution in [0.25, 0.3) is 11.5 Å². The summed E-state index contributed by atoms with van der Waals surface area (Å²) in [4.78, 5) is 23.4. The number of nitrogens with zero attached hydrogens (tertiary/aromatic N) is 4. The average Bonchev–Trinajstić information content (AvgIpc) is 3.23. The summed E-state index contributed by atoms with van der Waals surface area (Å²) in [5.41, 5.74) is 0.846. The molecule has 0 N–H and O–H groups in total. The van der Waals surface area contributed by atoms with E-state index < -0.39 is 0 Å². The lowest BCUT2D eigenvalue weighted by Gasteiger charge is -2.34. The number of hydrogen-bond acceptors (Lipinski definition) is 5. The van der Waals surface area contributed by atoms with Crippen LogP contribution in [0.4, 0.5) is 0 Å². The Hall–Kier alpha value is -2.24. The van der Waals surface area contributed by atoms with Gasteiger partial charge in [0, 0.05) is 38.3 Å². The number of carbonyl (C=O) groups excluding carboxylic acids is 1. The van der Waals surface area contributed by atoms with Crippen LogP contribution in [0, 0.1) is 11.8 Å². The Bertz CT molecular complexity index is 755. The predicted molar refractivity (Wildman–Crippen MR) is 106 cm³/mol. The SMILES string of the molecule is O=C(CC1CCCCC1)N1CCCC(CCc2noc(-c3cccnc3)n2)C1. The highest BCUT2D eigenvalue weighted by Crippen LogP contribution is 2.28. The average molecular weight is 383 g/mol. The Morgan fingerprint density at radius 1 is 1.14 bits per heavy atom. The van der Waals surface area contributed by atoms with Gasteiger partial charge in [-0.05, 0) is 56.1 Å². The fraction of sp³-hybridized carbons (Fsp3) is 0.636. The first-order valence-corrected chi connectivity index (χ1v) is 10.8. The fourth-order valence-corrected chi connectivity index (χ4v) is 4.59. The molecular formula is C22H30N4O2. The highest BCUT2D eigenvalue weighted by molar-refractivity contribution is 5.76. The predicted octanol–water partition coefficient (Wildman–Crippen LogP) is 4.27. The molecule has 4 rings (SSSR count). The van der Waals surface area contributed by atoms with Gasteiger partial charge in [0.1, 0.15) is 0 Å². The van der Waals surface area contributed by atoms with Crippen molar-refractivity contribution in [1.82, 2.24) is 20.0 Å². The number of carbonyl (C=O) groups is 1. The molecule has 2 fully saturated rings. The van der Waals surface area contributed by atoms with Gasteiger partial charge in [-0.1, -0.05) is 24.4 Å². The van der Waals surface area contributed by atoms with Crippen molar-refractivity contribution in [1.29, 1.82) is 0 Å². The van der Waals surface area contributed by atoms with Crippen molar-refractivity contribution in [2.75, 3.05) is 13.1 Å². The summed E-state index contributed by atoms with van der Waals surface area (Å²) >= 11 is 0. The van der Waals surface area contributed by atoms with Gasteiger partial charge in [-0.15, -0.1) is 0 Å². The summed E-state index contributed by atoms with van der Waals surface area (Å²) in [5.74, 6) is 2.78. The highest BCUT2D eigenvalue weighted by Gasteiger charge is 2.26. The van der Waals surface area contributed by atoms with Crippen molar-refractivity contribution in [2.24, 2.45) is 11.8 Å². The molecule has 3 heterocycles. The zero-order chi connectivity index (χ0) is 19.2. The van der Waals surface area contributed by atoms with Crippen LogP contribution in [0.3, 0.4) is 0 Å². The molecule has 0 aromatic carbocycles. The molecule has 1 atom stereocenters. The first-order chi connectivity index (χ1) is 13.8. The van der Waals surface area contributed by atoms with E-state index in [-0.39, 0.29) is 0 Å². The van der Waals surface area contributed by atoms with Crippen molar-refractivity contribution < 1.29 is 9.32 Å². The van der Waals surface area contributed by atoms with E-state index in [0.29, 0.717) is 23.6 Å². The van der Waals surface area contributed by atoms with Gasteiger partial charge in [-0.2, -0.15) is 4.98 Å². The number of rotatable bonds is 6. The van der Waals surface area contributed by atoms with E-state index in [9.17, 15) is 4.79 Å². The molecular weight excluding hydrogens is 352 g/mol. The topological polar surface area (TPSA) is 72.1 Å². The van der Waals surface area contributed by atoms with E-state index in [1.165, 1.54) is 38.5 Å². The van der Waals surface area contributed by atoms with E-state index in [2.05, 4.69) is 20.0 Å². The second-order valence-corrected chi connectivity index (χ2v) is 8.35. The minimum atomic E-state index is 0.370. The third-order valence-corrected chi connectivity index (χ3v) is 6.21. The monoisotopic (exact) mass is 382 g/mol. The van der Waals surface area contributed by atoms with Gasteiger partial charge in [0.05, 0.1) is 5.56 Å². The minimum absolute atomic E-state index is 0.370. The van der Waals surface area contributed by atoms with E-state index >= 15 is 0 Å². The van der Waals surface area contributed by atoms with Gasteiger partial charge in [0.15, 0.2) is 5.82 Å². The molecule has 0 spiro atoms. The third-order valence-electron chi connectivity index (χ3n) is 6.21. The summed E-state index contributed by atoms with van der Waals surface area (Å²) in [5, 5.41) is 4.11. The van der Waals surface area contributed by atoms with Crippen LogP contribution in [0.2, 0.25) is 0 Å². The molecule has 1 aliphatic carbocycles. The molecule has 28 heavy (non-hydrogen) atoms. The lowest BCUT2D eigenvalue weighted by Crippen LogP contribution is -2.40. The Kier molecular flexibility index (Phi) is 6.34. The molecule has 0 radical (unpaired) electrons. The van der Waals surface area contributed by atoms with Crippen LogP contribution in [-0.4, -0.2) is 39.0 Å². The Balaban J connectivity index is 1.26. The molecule has 6 heteroatoms. The molecule has 1 amide bonds. The van der Waals surface area contributed by atoms with Crippen LogP contribution >= 0.6 is 0 Å². The lowest BCUT2D eigenvalue weighted by molar-refractivity contribution is -0.134. The van der Waals surface area contributed by atoms with Crippen molar-refractivity contribution in [3.05, 3.63) is 30.4 Å². The molecule has 1 saturated carbocycles. The van der Waals surface area contributed by atoms with Gasteiger partial charge < -0.3 is 9.42 Å².